The minimum absolute atomic E-state index is 0.0174. The van der Waals surface area contributed by atoms with Crippen LogP contribution in [0.3, 0.4) is 0 Å². The number of hydrogen-bond acceptors (Lipinski definition) is 3. The van der Waals surface area contributed by atoms with Crippen molar-refractivity contribution in [3.8, 4) is 0 Å². The van der Waals surface area contributed by atoms with Crippen LogP contribution in [0.4, 0.5) is 0 Å². The van der Waals surface area contributed by atoms with Crippen LogP contribution in [-0.4, -0.2) is 45.8 Å². The van der Waals surface area contributed by atoms with E-state index in [0.717, 1.165) is 11.1 Å². The van der Waals surface area contributed by atoms with Gasteiger partial charge in [-0.25, -0.2) is 0 Å². The lowest BCUT2D eigenvalue weighted by Crippen LogP contribution is -2.22. The van der Waals surface area contributed by atoms with Crippen LogP contribution in [0.1, 0.15) is 21.6 Å². The van der Waals surface area contributed by atoms with Crippen molar-refractivity contribution in [1.82, 2.24) is 14.7 Å². The Morgan fingerprint density at radius 1 is 1.14 bits per heavy atom. The number of carbonyl (C=O) groups is 2. The smallest absolute Gasteiger partial charge is 0.307 e. The third-order valence-corrected chi connectivity index (χ3v) is 2.99. The molecule has 1 heterocycles. The highest BCUT2D eigenvalue weighted by Crippen LogP contribution is 2.08. The molecule has 2 aromatic rings. The lowest BCUT2D eigenvalue weighted by molar-refractivity contribution is -0.136. The summed E-state index contributed by atoms with van der Waals surface area (Å²) in [6, 6.07) is 9.00. The summed E-state index contributed by atoms with van der Waals surface area (Å²) in [7, 11) is 3.37. The maximum Gasteiger partial charge on any atom is 0.307 e. The third-order valence-electron chi connectivity index (χ3n) is 2.99. The van der Waals surface area contributed by atoms with Gasteiger partial charge in [0.1, 0.15) is 5.69 Å². The molecule has 6 heteroatoms. The average molecular weight is 287 g/mol. The maximum absolute atomic E-state index is 11.8. The van der Waals surface area contributed by atoms with Crippen LogP contribution in [0.5, 0.6) is 0 Å². The molecule has 1 N–H and O–H groups in total. The number of benzene rings is 1. The van der Waals surface area contributed by atoms with Crippen molar-refractivity contribution in [1.29, 1.82) is 0 Å². The molecule has 0 aliphatic rings. The highest BCUT2D eigenvalue weighted by Gasteiger charge is 2.11. The van der Waals surface area contributed by atoms with Gasteiger partial charge in [-0.05, 0) is 17.2 Å². The van der Waals surface area contributed by atoms with E-state index in [1.54, 1.807) is 43.2 Å². The standard InChI is InChI=1S/C15H17N3O3/c1-17(2)15(21)13-7-8-18(16-13)10-12-5-3-11(4-6-12)9-14(19)20/h3-8H,9-10H2,1-2H3,(H,19,20). The van der Waals surface area contributed by atoms with Crippen LogP contribution in [0.2, 0.25) is 0 Å². The molecular weight excluding hydrogens is 270 g/mol. The van der Waals surface area contributed by atoms with Gasteiger partial charge in [0.05, 0.1) is 13.0 Å². The molecule has 1 aromatic heterocycles. The fourth-order valence-corrected chi connectivity index (χ4v) is 1.92. The van der Waals surface area contributed by atoms with Crippen molar-refractivity contribution in [2.75, 3.05) is 14.1 Å². The lowest BCUT2D eigenvalue weighted by atomic mass is 10.1. The highest BCUT2D eigenvalue weighted by atomic mass is 16.4. The number of aromatic nitrogens is 2. The second kappa shape index (κ2) is 6.21. The van der Waals surface area contributed by atoms with Crippen LogP contribution in [0.15, 0.2) is 36.5 Å². The van der Waals surface area contributed by atoms with E-state index in [1.165, 1.54) is 4.90 Å². The highest BCUT2D eigenvalue weighted by molar-refractivity contribution is 5.91. The summed E-state index contributed by atoms with van der Waals surface area (Å²) in [5.74, 6) is -0.979. The molecule has 0 aliphatic carbocycles. The van der Waals surface area contributed by atoms with Gasteiger partial charge in [-0.3, -0.25) is 14.3 Å². The zero-order valence-electron chi connectivity index (χ0n) is 12.0. The largest absolute Gasteiger partial charge is 0.481 e. The van der Waals surface area contributed by atoms with Gasteiger partial charge in [0, 0.05) is 20.3 Å². The van der Waals surface area contributed by atoms with E-state index in [-0.39, 0.29) is 12.3 Å². The summed E-state index contributed by atoms with van der Waals surface area (Å²) in [6.45, 7) is 0.536. The molecule has 21 heavy (non-hydrogen) atoms. The zero-order chi connectivity index (χ0) is 15.4. The predicted octanol–water partition coefficient (Wildman–Crippen LogP) is 1.26. The number of carboxylic acids is 1. The molecule has 0 fully saturated rings. The maximum atomic E-state index is 11.8. The topological polar surface area (TPSA) is 75.4 Å². The molecule has 6 nitrogen and oxygen atoms in total. The van der Waals surface area contributed by atoms with Gasteiger partial charge in [0.25, 0.3) is 5.91 Å². The minimum atomic E-state index is -0.846. The molecule has 0 atom stereocenters. The molecule has 2 rings (SSSR count). The second-order valence-corrected chi connectivity index (χ2v) is 4.99. The van der Waals surface area contributed by atoms with E-state index in [2.05, 4.69) is 5.10 Å². The Kier molecular flexibility index (Phi) is 4.37. The number of rotatable bonds is 5. The monoisotopic (exact) mass is 287 g/mol. The van der Waals surface area contributed by atoms with E-state index in [1.807, 2.05) is 12.1 Å². The van der Waals surface area contributed by atoms with E-state index >= 15 is 0 Å². The van der Waals surface area contributed by atoms with Crippen molar-refractivity contribution in [2.24, 2.45) is 0 Å². The molecule has 110 valence electrons. The van der Waals surface area contributed by atoms with Gasteiger partial charge in [0.15, 0.2) is 0 Å². The van der Waals surface area contributed by atoms with Crippen molar-refractivity contribution in [3.05, 3.63) is 53.3 Å². The van der Waals surface area contributed by atoms with E-state index in [0.29, 0.717) is 12.2 Å². The Labute approximate surface area is 122 Å². The van der Waals surface area contributed by atoms with Crippen molar-refractivity contribution >= 4 is 11.9 Å². The molecule has 1 aromatic carbocycles. The number of carboxylic acid groups (broad SMARTS) is 1. The number of aliphatic carboxylic acids is 1. The van der Waals surface area contributed by atoms with Gasteiger partial charge in [-0.1, -0.05) is 24.3 Å². The second-order valence-electron chi connectivity index (χ2n) is 4.99. The van der Waals surface area contributed by atoms with Crippen LogP contribution >= 0.6 is 0 Å². The van der Waals surface area contributed by atoms with E-state index in [4.69, 9.17) is 5.11 Å². The summed E-state index contributed by atoms with van der Waals surface area (Å²) in [4.78, 5) is 23.8. The minimum Gasteiger partial charge on any atom is -0.481 e. The Hall–Kier alpha value is -2.63. The Morgan fingerprint density at radius 3 is 2.33 bits per heavy atom. The zero-order valence-corrected chi connectivity index (χ0v) is 12.0. The third kappa shape index (κ3) is 3.92. The Bertz CT molecular complexity index is 644. The predicted molar refractivity (Wildman–Crippen MR) is 77.1 cm³/mol. The van der Waals surface area contributed by atoms with Gasteiger partial charge < -0.3 is 10.0 Å². The average Bonchev–Trinajstić information content (AvgIpc) is 2.88. The molecule has 0 radical (unpaired) electrons. The first-order chi connectivity index (χ1) is 9.95. The van der Waals surface area contributed by atoms with Crippen LogP contribution in [-0.2, 0) is 17.8 Å². The summed E-state index contributed by atoms with van der Waals surface area (Å²) < 4.78 is 1.68. The quantitative estimate of drug-likeness (QED) is 0.898. The molecule has 0 saturated carbocycles. The first-order valence-corrected chi connectivity index (χ1v) is 6.50. The van der Waals surface area contributed by atoms with E-state index < -0.39 is 5.97 Å². The van der Waals surface area contributed by atoms with Gasteiger partial charge >= 0.3 is 5.97 Å². The van der Waals surface area contributed by atoms with Crippen molar-refractivity contribution in [2.45, 2.75) is 13.0 Å². The Morgan fingerprint density at radius 2 is 1.76 bits per heavy atom. The first-order valence-electron chi connectivity index (χ1n) is 6.50. The van der Waals surface area contributed by atoms with Gasteiger partial charge in [0.2, 0.25) is 0 Å². The number of hydrogen-bond donors (Lipinski definition) is 1. The van der Waals surface area contributed by atoms with Gasteiger partial charge in [-0.15, -0.1) is 0 Å². The van der Waals surface area contributed by atoms with Gasteiger partial charge in [-0.2, -0.15) is 5.10 Å². The first kappa shape index (κ1) is 14.8. The molecule has 0 bridgehead atoms. The summed E-state index contributed by atoms with van der Waals surface area (Å²) >= 11 is 0. The summed E-state index contributed by atoms with van der Waals surface area (Å²) in [6.07, 6.45) is 1.77. The van der Waals surface area contributed by atoms with E-state index in [9.17, 15) is 9.59 Å². The van der Waals surface area contributed by atoms with Crippen LogP contribution in [0.25, 0.3) is 0 Å². The molecule has 0 aliphatic heterocycles. The summed E-state index contributed by atoms with van der Waals surface area (Å²) in [5, 5.41) is 12.9. The summed E-state index contributed by atoms with van der Waals surface area (Å²) in [5.41, 5.74) is 2.16. The van der Waals surface area contributed by atoms with Crippen molar-refractivity contribution in [3.63, 3.8) is 0 Å². The molecule has 1 amide bonds. The van der Waals surface area contributed by atoms with Crippen molar-refractivity contribution < 1.29 is 14.7 Å². The molecule has 0 unspecified atom stereocenters. The molecular formula is C15H17N3O3. The number of carbonyl (C=O) groups excluding carboxylic acids is 1. The fourth-order valence-electron chi connectivity index (χ4n) is 1.92. The SMILES string of the molecule is CN(C)C(=O)c1ccn(Cc2ccc(CC(=O)O)cc2)n1. The molecule has 0 saturated heterocycles. The normalized spacial score (nSPS) is 10.4. The number of amides is 1. The van der Waals surface area contributed by atoms with Crippen LogP contribution in [0, 0.1) is 0 Å². The van der Waals surface area contributed by atoms with Crippen LogP contribution < -0.4 is 0 Å². The Balaban J connectivity index is 2.05. The molecule has 0 spiro atoms. The fraction of sp³-hybridized carbons (Fsp3) is 0.267. The number of nitrogens with zero attached hydrogens (tertiary/aromatic N) is 3. The lowest BCUT2D eigenvalue weighted by Gasteiger charge is -2.07.